The minimum atomic E-state index is 0.428. The van der Waals surface area contributed by atoms with Crippen LogP contribution in [0.25, 0.3) is 0 Å². The lowest BCUT2D eigenvalue weighted by molar-refractivity contribution is 0.468. The highest BCUT2D eigenvalue weighted by molar-refractivity contribution is 6.29. The number of nitrogens with zero attached hydrogens (tertiary/aromatic N) is 2. The first-order valence-electron chi connectivity index (χ1n) is 6.79. The molecule has 0 amide bonds. The van der Waals surface area contributed by atoms with Crippen molar-refractivity contribution >= 4 is 17.4 Å². The van der Waals surface area contributed by atoms with Crippen LogP contribution in [-0.2, 0) is 0 Å². The van der Waals surface area contributed by atoms with Gasteiger partial charge in [-0.15, -0.1) is 0 Å². The van der Waals surface area contributed by atoms with E-state index < -0.39 is 0 Å². The maximum atomic E-state index is 5.77. The van der Waals surface area contributed by atoms with Crippen LogP contribution < -0.4 is 10.6 Å². The highest BCUT2D eigenvalue weighted by Gasteiger charge is 2.10. The molecule has 0 aliphatic heterocycles. The van der Waals surface area contributed by atoms with Gasteiger partial charge in [-0.3, -0.25) is 4.98 Å². The zero-order chi connectivity index (χ0) is 12.6. The van der Waals surface area contributed by atoms with Crippen LogP contribution in [0.2, 0.25) is 5.15 Å². The lowest BCUT2D eigenvalue weighted by Crippen LogP contribution is -2.32. The minimum Gasteiger partial charge on any atom is -0.367 e. The van der Waals surface area contributed by atoms with Gasteiger partial charge in [0.15, 0.2) is 0 Å². The van der Waals surface area contributed by atoms with Crippen molar-refractivity contribution < 1.29 is 0 Å². The summed E-state index contributed by atoms with van der Waals surface area (Å²) in [5.41, 5.74) is 0. The normalized spacial score (nSPS) is 17.4. The van der Waals surface area contributed by atoms with Gasteiger partial charge in [-0.25, -0.2) is 4.98 Å². The van der Waals surface area contributed by atoms with Crippen molar-refractivity contribution in [3.8, 4) is 0 Å². The van der Waals surface area contributed by atoms with Crippen LogP contribution >= 0.6 is 11.6 Å². The minimum absolute atomic E-state index is 0.428. The molecular weight excluding hydrogens is 248 g/mol. The quantitative estimate of drug-likeness (QED) is 0.637. The van der Waals surface area contributed by atoms with E-state index in [9.17, 15) is 0 Å². The second-order valence-electron chi connectivity index (χ2n) is 4.80. The Morgan fingerprint density at radius 3 is 2.61 bits per heavy atom. The highest BCUT2D eigenvalue weighted by Crippen LogP contribution is 2.16. The van der Waals surface area contributed by atoms with Gasteiger partial charge in [0.2, 0.25) is 0 Å². The van der Waals surface area contributed by atoms with Crippen LogP contribution in [0.1, 0.15) is 38.5 Å². The predicted octanol–water partition coefficient (Wildman–Crippen LogP) is 2.85. The molecule has 1 fully saturated rings. The summed E-state index contributed by atoms with van der Waals surface area (Å²) in [6, 6.07) is 0.694. The van der Waals surface area contributed by atoms with Crippen LogP contribution in [0.4, 0.5) is 5.82 Å². The molecule has 0 atom stereocenters. The smallest absolute Gasteiger partial charge is 0.149 e. The number of halogens is 1. The highest BCUT2D eigenvalue weighted by atomic mass is 35.5. The van der Waals surface area contributed by atoms with Crippen molar-refractivity contribution in [2.45, 2.75) is 44.6 Å². The monoisotopic (exact) mass is 268 g/mol. The molecule has 1 aliphatic rings. The third-order valence-corrected chi connectivity index (χ3v) is 3.51. The molecule has 18 heavy (non-hydrogen) atoms. The summed E-state index contributed by atoms with van der Waals surface area (Å²) in [5.74, 6) is 0.741. The van der Waals surface area contributed by atoms with Crippen molar-refractivity contribution in [2.24, 2.45) is 0 Å². The van der Waals surface area contributed by atoms with E-state index in [1.807, 2.05) is 0 Å². The summed E-state index contributed by atoms with van der Waals surface area (Å²) >= 11 is 5.77. The molecule has 2 N–H and O–H groups in total. The summed E-state index contributed by atoms with van der Waals surface area (Å²) < 4.78 is 0. The fourth-order valence-corrected chi connectivity index (χ4v) is 2.53. The summed E-state index contributed by atoms with van der Waals surface area (Å²) in [5, 5.41) is 7.25. The maximum Gasteiger partial charge on any atom is 0.149 e. The van der Waals surface area contributed by atoms with E-state index >= 15 is 0 Å². The fourth-order valence-electron chi connectivity index (χ4n) is 2.38. The van der Waals surface area contributed by atoms with Crippen molar-refractivity contribution in [3.05, 3.63) is 17.5 Å². The van der Waals surface area contributed by atoms with Gasteiger partial charge >= 0.3 is 0 Å². The standard InChI is InChI=1S/C13H21ClN4/c14-12-9-15-10-13(18-12)17-8-7-16-11-5-3-1-2-4-6-11/h9-11,16H,1-8H2,(H,17,18). The summed E-state index contributed by atoms with van der Waals surface area (Å²) in [4.78, 5) is 8.12. The van der Waals surface area contributed by atoms with E-state index in [0.717, 1.165) is 18.9 Å². The lowest BCUT2D eigenvalue weighted by Gasteiger charge is -2.16. The Labute approximate surface area is 114 Å². The maximum absolute atomic E-state index is 5.77. The average Bonchev–Trinajstić information content (AvgIpc) is 2.63. The van der Waals surface area contributed by atoms with Crippen LogP contribution in [0.15, 0.2) is 12.4 Å². The van der Waals surface area contributed by atoms with E-state index in [0.29, 0.717) is 11.2 Å². The molecule has 1 heterocycles. The van der Waals surface area contributed by atoms with Gasteiger partial charge in [0.25, 0.3) is 0 Å². The van der Waals surface area contributed by atoms with Gasteiger partial charge in [0, 0.05) is 19.1 Å². The van der Waals surface area contributed by atoms with Crippen molar-refractivity contribution in [1.29, 1.82) is 0 Å². The van der Waals surface area contributed by atoms with E-state index in [4.69, 9.17) is 11.6 Å². The molecule has 2 rings (SSSR count). The van der Waals surface area contributed by atoms with E-state index in [1.54, 1.807) is 6.20 Å². The number of rotatable bonds is 5. The number of anilines is 1. The molecule has 0 unspecified atom stereocenters. The fraction of sp³-hybridized carbons (Fsp3) is 0.692. The molecule has 1 saturated carbocycles. The van der Waals surface area contributed by atoms with Crippen LogP contribution in [0.3, 0.4) is 0 Å². The number of aromatic nitrogens is 2. The van der Waals surface area contributed by atoms with Crippen LogP contribution in [0, 0.1) is 0 Å². The Bertz CT molecular complexity index is 351. The Balaban J connectivity index is 1.63. The van der Waals surface area contributed by atoms with Gasteiger partial charge in [-0.05, 0) is 12.8 Å². The van der Waals surface area contributed by atoms with Crippen LogP contribution in [0.5, 0.6) is 0 Å². The molecule has 0 bridgehead atoms. The zero-order valence-corrected chi connectivity index (χ0v) is 11.4. The van der Waals surface area contributed by atoms with Crippen molar-refractivity contribution in [2.75, 3.05) is 18.4 Å². The van der Waals surface area contributed by atoms with Gasteiger partial charge in [-0.1, -0.05) is 37.3 Å². The first-order chi connectivity index (χ1) is 8.84. The topological polar surface area (TPSA) is 49.8 Å². The summed E-state index contributed by atoms with van der Waals surface area (Å²) in [7, 11) is 0. The number of hydrogen-bond acceptors (Lipinski definition) is 4. The Hall–Kier alpha value is -0.870. The van der Waals surface area contributed by atoms with E-state index in [1.165, 1.54) is 44.7 Å². The first-order valence-corrected chi connectivity index (χ1v) is 7.17. The predicted molar refractivity (Wildman–Crippen MR) is 75.0 cm³/mol. The second kappa shape index (κ2) is 7.54. The summed E-state index contributed by atoms with van der Waals surface area (Å²) in [6.07, 6.45) is 11.4. The van der Waals surface area contributed by atoms with Gasteiger partial charge in [0.1, 0.15) is 11.0 Å². The molecule has 5 heteroatoms. The average molecular weight is 269 g/mol. The second-order valence-corrected chi connectivity index (χ2v) is 5.18. The van der Waals surface area contributed by atoms with Gasteiger partial charge < -0.3 is 10.6 Å². The van der Waals surface area contributed by atoms with Crippen molar-refractivity contribution in [1.82, 2.24) is 15.3 Å². The van der Waals surface area contributed by atoms with Gasteiger partial charge in [0.05, 0.1) is 12.4 Å². The Kier molecular flexibility index (Phi) is 5.68. The third kappa shape index (κ3) is 4.78. The SMILES string of the molecule is Clc1cncc(NCCNC2CCCCCC2)n1. The third-order valence-electron chi connectivity index (χ3n) is 3.32. The molecule has 0 aromatic carbocycles. The Morgan fingerprint density at radius 1 is 1.11 bits per heavy atom. The zero-order valence-electron chi connectivity index (χ0n) is 10.7. The van der Waals surface area contributed by atoms with Gasteiger partial charge in [-0.2, -0.15) is 0 Å². The molecule has 0 radical (unpaired) electrons. The molecule has 0 saturated heterocycles. The van der Waals surface area contributed by atoms with E-state index in [2.05, 4.69) is 20.6 Å². The molecule has 4 nitrogen and oxygen atoms in total. The van der Waals surface area contributed by atoms with Crippen LogP contribution in [-0.4, -0.2) is 29.1 Å². The molecule has 1 aromatic heterocycles. The molecule has 1 aliphatic carbocycles. The molecule has 100 valence electrons. The largest absolute Gasteiger partial charge is 0.367 e. The molecular formula is C13H21ClN4. The summed E-state index contributed by atoms with van der Waals surface area (Å²) in [6.45, 7) is 1.81. The Morgan fingerprint density at radius 2 is 1.89 bits per heavy atom. The van der Waals surface area contributed by atoms with E-state index in [-0.39, 0.29) is 0 Å². The number of nitrogens with one attached hydrogen (secondary N) is 2. The molecule has 1 aromatic rings. The first kappa shape index (κ1) is 13.6. The van der Waals surface area contributed by atoms with Crippen molar-refractivity contribution in [3.63, 3.8) is 0 Å². The lowest BCUT2D eigenvalue weighted by atomic mass is 10.1. The number of hydrogen-bond donors (Lipinski definition) is 2. The molecule has 0 spiro atoms.